The van der Waals surface area contributed by atoms with Crippen LogP contribution in [0.5, 0.6) is 0 Å². The molecular formula is C16H17BrN2O. The van der Waals surface area contributed by atoms with E-state index in [9.17, 15) is 4.79 Å². The highest BCUT2D eigenvalue weighted by Crippen LogP contribution is 2.15. The van der Waals surface area contributed by atoms with Gasteiger partial charge in [-0.05, 0) is 23.8 Å². The minimum Gasteiger partial charge on any atom is -0.326 e. The van der Waals surface area contributed by atoms with E-state index in [2.05, 4.69) is 38.7 Å². The Hall–Kier alpha value is -1.65. The number of nitrogens with one attached hydrogen (secondary N) is 2. The van der Waals surface area contributed by atoms with Crippen LogP contribution in [0.1, 0.15) is 12.0 Å². The molecule has 104 valence electrons. The summed E-state index contributed by atoms with van der Waals surface area (Å²) in [6, 6.07) is 17.7. The van der Waals surface area contributed by atoms with Crippen LogP contribution < -0.4 is 10.6 Å². The van der Waals surface area contributed by atoms with Crippen molar-refractivity contribution in [1.82, 2.24) is 5.32 Å². The minimum atomic E-state index is 0.0173. The molecular weight excluding hydrogens is 316 g/mol. The first-order valence-corrected chi connectivity index (χ1v) is 7.33. The zero-order valence-corrected chi connectivity index (χ0v) is 12.7. The van der Waals surface area contributed by atoms with Crippen LogP contribution in [0, 0.1) is 0 Å². The highest BCUT2D eigenvalue weighted by molar-refractivity contribution is 9.10. The molecule has 2 aromatic carbocycles. The SMILES string of the molecule is O=C(CCNCc1ccccc1)Nc1cccc(Br)c1. The second kappa shape index (κ2) is 7.82. The number of carbonyl (C=O) groups is 1. The maximum atomic E-state index is 11.8. The first kappa shape index (κ1) is 14.8. The summed E-state index contributed by atoms with van der Waals surface area (Å²) in [5, 5.41) is 6.13. The van der Waals surface area contributed by atoms with E-state index in [1.165, 1.54) is 5.56 Å². The highest BCUT2D eigenvalue weighted by atomic mass is 79.9. The molecule has 0 bridgehead atoms. The fraction of sp³-hybridized carbons (Fsp3) is 0.188. The minimum absolute atomic E-state index is 0.0173. The van der Waals surface area contributed by atoms with Crippen LogP contribution in [-0.4, -0.2) is 12.5 Å². The number of amides is 1. The molecule has 0 heterocycles. The Bertz CT molecular complexity index is 557. The number of rotatable bonds is 6. The van der Waals surface area contributed by atoms with Gasteiger partial charge in [0.25, 0.3) is 0 Å². The fourth-order valence-electron chi connectivity index (χ4n) is 1.82. The van der Waals surface area contributed by atoms with Crippen molar-refractivity contribution in [2.75, 3.05) is 11.9 Å². The third-order valence-corrected chi connectivity index (χ3v) is 3.30. The molecule has 3 nitrogen and oxygen atoms in total. The van der Waals surface area contributed by atoms with Crippen molar-refractivity contribution in [2.45, 2.75) is 13.0 Å². The van der Waals surface area contributed by atoms with Crippen molar-refractivity contribution in [2.24, 2.45) is 0 Å². The summed E-state index contributed by atoms with van der Waals surface area (Å²) in [4.78, 5) is 11.8. The molecule has 4 heteroatoms. The Morgan fingerprint density at radius 1 is 1.05 bits per heavy atom. The van der Waals surface area contributed by atoms with Crippen LogP contribution in [-0.2, 0) is 11.3 Å². The van der Waals surface area contributed by atoms with Gasteiger partial charge in [-0.3, -0.25) is 4.79 Å². The zero-order valence-electron chi connectivity index (χ0n) is 11.1. The molecule has 0 saturated carbocycles. The number of anilines is 1. The summed E-state index contributed by atoms with van der Waals surface area (Å²) in [6.45, 7) is 1.44. The average Bonchev–Trinajstić information content (AvgIpc) is 2.45. The summed E-state index contributed by atoms with van der Waals surface area (Å²) >= 11 is 3.38. The van der Waals surface area contributed by atoms with Gasteiger partial charge in [0.2, 0.25) is 5.91 Å². The van der Waals surface area contributed by atoms with Crippen molar-refractivity contribution in [1.29, 1.82) is 0 Å². The molecule has 0 radical (unpaired) electrons. The molecule has 0 spiro atoms. The highest BCUT2D eigenvalue weighted by Gasteiger charge is 2.02. The molecule has 1 amide bonds. The van der Waals surface area contributed by atoms with E-state index in [-0.39, 0.29) is 5.91 Å². The molecule has 2 N–H and O–H groups in total. The molecule has 0 unspecified atom stereocenters. The number of halogens is 1. The Balaban J connectivity index is 1.68. The van der Waals surface area contributed by atoms with E-state index in [1.54, 1.807) is 0 Å². The predicted molar refractivity (Wildman–Crippen MR) is 85.5 cm³/mol. The van der Waals surface area contributed by atoms with Crippen LogP contribution in [0.15, 0.2) is 59.1 Å². The molecule has 0 aromatic heterocycles. The van der Waals surface area contributed by atoms with Crippen molar-refractivity contribution < 1.29 is 4.79 Å². The fourth-order valence-corrected chi connectivity index (χ4v) is 2.22. The average molecular weight is 333 g/mol. The molecule has 0 aliphatic rings. The topological polar surface area (TPSA) is 41.1 Å². The van der Waals surface area contributed by atoms with Crippen LogP contribution in [0.3, 0.4) is 0 Å². The first-order valence-electron chi connectivity index (χ1n) is 6.54. The van der Waals surface area contributed by atoms with Gasteiger partial charge in [0.05, 0.1) is 0 Å². The van der Waals surface area contributed by atoms with Gasteiger partial charge in [-0.2, -0.15) is 0 Å². The van der Waals surface area contributed by atoms with Gasteiger partial charge >= 0.3 is 0 Å². The van der Waals surface area contributed by atoms with E-state index in [0.717, 1.165) is 16.7 Å². The van der Waals surface area contributed by atoms with Gasteiger partial charge in [-0.15, -0.1) is 0 Å². The monoisotopic (exact) mass is 332 g/mol. The van der Waals surface area contributed by atoms with Gasteiger partial charge in [0.1, 0.15) is 0 Å². The van der Waals surface area contributed by atoms with Gasteiger partial charge in [0, 0.05) is 29.7 Å². The molecule has 0 atom stereocenters. The lowest BCUT2D eigenvalue weighted by Crippen LogP contribution is -2.21. The summed E-state index contributed by atoms with van der Waals surface area (Å²) in [5.74, 6) is 0.0173. The van der Waals surface area contributed by atoms with Gasteiger partial charge in [-0.25, -0.2) is 0 Å². The predicted octanol–water partition coefficient (Wildman–Crippen LogP) is 3.57. The normalized spacial score (nSPS) is 10.2. The Morgan fingerprint density at radius 2 is 1.85 bits per heavy atom. The second-order valence-electron chi connectivity index (χ2n) is 4.47. The standard InChI is InChI=1S/C16H17BrN2O/c17-14-7-4-8-15(11-14)19-16(20)9-10-18-12-13-5-2-1-3-6-13/h1-8,11,18H,9-10,12H2,(H,19,20). The van der Waals surface area contributed by atoms with Crippen LogP contribution in [0.25, 0.3) is 0 Å². The number of hydrogen-bond donors (Lipinski definition) is 2. The first-order chi connectivity index (χ1) is 9.74. The van der Waals surface area contributed by atoms with Crippen LogP contribution >= 0.6 is 15.9 Å². The lowest BCUT2D eigenvalue weighted by atomic mass is 10.2. The molecule has 2 rings (SSSR count). The third kappa shape index (κ3) is 5.15. The van der Waals surface area contributed by atoms with E-state index >= 15 is 0 Å². The van der Waals surface area contributed by atoms with Gasteiger partial charge in [-0.1, -0.05) is 52.3 Å². The van der Waals surface area contributed by atoms with Crippen molar-refractivity contribution >= 4 is 27.5 Å². The lowest BCUT2D eigenvalue weighted by molar-refractivity contribution is -0.116. The van der Waals surface area contributed by atoms with Crippen molar-refractivity contribution in [3.05, 3.63) is 64.6 Å². The summed E-state index contributed by atoms with van der Waals surface area (Å²) in [5.41, 5.74) is 2.03. The number of hydrogen-bond acceptors (Lipinski definition) is 2. The van der Waals surface area contributed by atoms with Crippen molar-refractivity contribution in [3.63, 3.8) is 0 Å². The molecule has 0 aliphatic heterocycles. The quantitative estimate of drug-likeness (QED) is 0.794. The lowest BCUT2D eigenvalue weighted by Gasteiger charge is -2.07. The Labute approximate surface area is 127 Å². The smallest absolute Gasteiger partial charge is 0.225 e. The maximum Gasteiger partial charge on any atom is 0.225 e. The van der Waals surface area contributed by atoms with E-state index in [4.69, 9.17) is 0 Å². The van der Waals surface area contributed by atoms with E-state index in [0.29, 0.717) is 13.0 Å². The largest absolute Gasteiger partial charge is 0.326 e. The molecule has 20 heavy (non-hydrogen) atoms. The second-order valence-corrected chi connectivity index (χ2v) is 5.39. The van der Waals surface area contributed by atoms with Crippen molar-refractivity contribution in [3.8, 4) is 0 Å². The van der Waals surface area contributed by atoms with Gasteiger partial charge in [0.15, 0.2) is 0 Å². The number of carbonyl (C=O) groups excluding carboxylic acids is 1. The molecule has 0 aliphatic carbocycles. The van der Waals surface area contributed by atoms with Gasteiger partial charge < -0.3 is 10.6 Å². The Kier molecular flexibility index (Phi) is 5.77. The summed E-state index contributed by atoms with van der Waals surface area (Å²) in [7, 11) is 0. The summed E-state index contributed by atoms with van der Waals surface area (Å²) < 4.78 is 0.956. The zero-order chi connectivity index (χ0) is 14.2. The van der Waals surface area contributed by atoms with Crippen LogP contribution in [0.2, 0.25) is 0 Å². The van der Waals surface area contributed by atoms with E-state index < -0.39 is 0 Å². The Morgan fingerprint density at radius 3 is 2.60 bits per heavy atom. The molecule has 0 saturated heterocycles. The maximum absolute atomic E-state index is 11.8. The molecule has 2 aromatic rings. The van der Waals surface area contributed by atoms with Crippen LogP contribution in [0.4, 0.5) is 5.69 Å². The third-order valence-electron chi connectivity index (χ3n) is 2.81. The van der Waals surface area contributed by atoms with E-state index in [1.807, 2.05) is 42.5 Å². The molecule has 0 fully saturated rings. The number of benzene rings is 2. The summed E-state index contributed by atoms with van der Waals surface area (Å²) in [6.07, 6.45) is 0.458.